The van der Waals surface area contributed by atoms with Crippen LogP contribution in [0.3, 0.4) is 0 Å². The van der Waals surface area contributed by atoms with Crippen LogP contribution in [0.5, 0.6) is 5.75 Å². The minimum absolute atomic E-state index is 0.0349. The zero-order valence-electron chi connectivity index (χ0n) is 8.74. The molecule has 0 saturated heterocycles. The lowest BCUT2D eigenvalue weighted by molar-refractivity contribution is -0.134. The Bertz CT molecular complexity index is 471. The summed E-state index contributed by atoms with van der Waals surface area (Å²) in [7, 11) is 1.20. The van der Waals surface area contributed by atoms with Gasteiger partial charge in [0, 0.05) is 11.6 Å². The fourth-order valence-corrected chi connectivity index (χ4v) is 1.50. The fourth-order valence-electron chi connectivity index (χ4n) is 1.02. The normalized spacial score (nSPS) is 10.5. The molecule has 90 valence electrons. The van der Waals surface area contributed by atoms with Crippen LogP contribution in [0.1, 0.15) is 10.4 Å². The third kappa shape index (κ3) is 3.47. The van der Waals surface area contributed by atoms with Gasteiger partial charge < -0.3 is 9.84 Å². The Morgan fingerprint density at radius 2 is 1.76 bits per heavy atom. The van der Waals surface area contributed by atoms with Crippen molar-refractivity contribution < 1.29 is 19.4 Å². The molecule has 4 nitrogen and oxygen atoms in total. The van der Waals surface area contributed by atoms with E-state index in [9.17, 15) is 14.7 Å². The number of benzene rings is 1. The van der Waals surface area contributed by atoms with Gasteiger partial charge in [-0.1, -0.05) is 23.2 Å². The Morgan fingerprint density at radius 1 is 1.24 bits per heavy atom. The standard InChI is InChI=1S/C11H8Cl2O4/c1-17-10(15)3-2-9(14)6-4-7(12)11(16)8(13)5-6/h2-5,16H,1H3/b3-2+. The topological polar surface area (TPSA) is 63.6 Å². The maximum Gasteiger partial charge on any atom is 0.330 e. The minimum Gasteiger partial charge on any atom is -0.505 e. The molecule has 0 spiro atoms. The van der Waals surface area contributed by atoms with Crippen LogP contribution in [0.25, 0.3) is 0 Å². The van der Waals surface area contributed by atoms with Crippen molar-refractivity contribution in [3.63, 3.8) is 0 Å². The van der Waals surface area contributed by atoms with Crippen molar-refractivity contribution in [2.45, 2.75) is 0 Å². The molecule has 0 fully saturated rings. The zero-order chi connectivity index (χ0) is 13.0. The fraction of sp³-hybridized carbons (Fsp3) is 0.0909. The number of ketones is 1. The summed E-state index contributed by atoms with van der Waals surface area (Å²) >= 11 is 11.3. The van der Waals surface area contributed by atoms with Gasteiger partial charge in [-0.15, -0.1) is 0 Å². The van der Waals surface area contributed by atoms with Gasteiger partial charge in [0.25, 0.3) is 0 Å². The molecule has 1 aromatic carbocycles. The van der Waals surface area contributed by atoms with Gasteiger partial charge in [0.2, 0.25) is 0 Å². The van der Waals surface area contributed by atoms with E-state index in [4.69, 9.17) is 23.2 Å². The number of hydrogen-bond acceptors (Lipinski definition) is 4. The molecule has 1 rings (SSSR count). The van der Waals surface area contributed by atoms with Crippen LogP contribution in [0, 0.1) is 0 Å². The van der Waals surface area contributed by atoms with Gasteiger partial charge in [0.15, 0.2) is 11.5 Å². The highest BCUT2D eigenvalue weighted by Crippen LogP contribution is 2.32. The zero-order valence-corrected chi connectivity index (χ0v) is 10.2. The smallest absolute Gasteiger partial charge is 0.330 e. The van der Waals surface area contributed by atoms with Crippen LogP contribution in [-0.4, -0.2) is 24.0 Å². The van der Waals surface area contributed by atoms with Gasteiger partial charge >= 0.3 is 5.97 Å². The van der Waals surface area contributed by atoms with Crippen LogP contribution in [0.2, 0.25) is 10.0 Å². The van der Waals surface area contributed by atoms with Crippen molar-refractivity contribution in [3.05, 3.63) is 39.9 Å². The van der Waals surface area contributed by atoms with E-state index in [1.165, 1.54) is 19.2 Å². The highest BCUT2D eigenvalue weighted by molar-refractivity contribution is 6.37. The monoisotopic (exact) mass is 274 g/mol. The highest BCUT2D eigenvalue weighted by Gasteiger charge is 2.10. The summed E-state index contributed by atoms with van der Waals surface area (Å²) in [4.78, 5) is 22.4. The van der Waals surface area contributed by atoms with Crippen LogP contribution in [0.15, 0.2) is 24.3 Å². The maximum absolute atomic E-state index is 11.6. The van der Waals surface area contributed by atoms with Crippen molar-refractivity contribution in [2.75, 3.05) is 7.11 Å². The summed E-state index contributed by atoms with van der Waals surface area (Å²) in [6, 6.07) is 2.51. The molecule has 0 aliphatic rings. The minimum atomic E-state index is -0.644. The molecule has 0 amide bonds. The number of hydrogen-bond donors (Lipinski definition) is 1. The largest absolute Gasteiger partial charge is 0.505 e. The Morgan fingerprint density at radius 3 is 2.24 bits per heavy atom. The van der Waals surface area contributed by atoms with E-state index >= 15 is 0 Å². The maximum atomic E-state index is 11.6. The van der Waals surface area contributed by atoms with E-state index in [0.29, 0.717) is 0 Å². The number of halogens is 2. The number of methoxy groups -OCH3 is 1. The lowest BCUT2D eigenvalue weighted by Crippen LogP contribution is -1.99. The molecule has 1 aromatic rings. The van der Waals surface area contributed by atoms with Gasteiger partial charge in [0.05, 0.1) is 17.2 Å². The van der Waals surface area contributed by atoms with E-state index in [2.05, 4.69) is 4.74 Å². The molecule has 0 saturated carbocycles. The first kappa shape index (κ1) is 13.5. The van der Waals surface area contributed by atoms with Gasteiger partial charge in [-0.3, -0.25) is 4.79 Å². The van der Waals surface area contributed by atoms with Crippen molar-refractivity contribution in [1.29, 1.82) is 0 Å². The van der Waals surface area contributed by atoms with Gasteiger partial charge in [-0.2, -0.15) is 0 Å². The molecule has 0 atom stereocenters. The molecule has 6 heteroatoms. The number of ether oxygens (including phenoxy) is 1. The Balaban J connectivity index is 2.98. The molecular weight excluding hydrogens is 267 g/mol. The quantitative estimate of drug-likeness (QED) is 0.523. The summed E-state index contributed by atoms with van der Waals surface area (Å²) in [6.45, 7) is 0. The summed E-state index contributed by atoms with van der Waals surface area (Å²) in [5.41, 5.74) is 0.165. The van der Waals surface area contributed by atoms with Crippen molar-refractivity contribution in [3.8, 4) is 5.75 Å². The van der Waals surface area contributed by atoms with Gasteiger partial charge in [0.1, 0.15) is 0 Å². The molecule has 0 aliphatic carbocycles. The average molecular weight is 275 g/mol. The van der Waals surface area contributed by atoms with E-state index < -0.39 is 11.8 Å². The first-order chi connectivity index (χ1) is 7.95. The van der Waals surface area contributed by atoms with Gasteiger partial charge in [-0.25, -0.2) is 4.79 Å². The third-order valence-electron chi connectivity index (χ3n) is 1.87. The number of carbonyl (C=O) groups excluding carboxylic acids is 2. The molecule has 0 aromatic heterocycles. The number of phenols is 1. The Hall–Kier alpha value is -1.52. The number of rotatable bonds is 3. The van der Waals surface area contributed by atoms with Crippen LogP contribution in [-0.2, 0) is 9.53 Å². The van der Waals surface area contributed by atoms with Crippen molar-refractivity contribution >= 4 is 35.0 Å². The lowest BCUT2D eigenvalue weighted by atomic mass is 10.1. The summed E-state index contributed by atoms with van der Waals surface area (Å²) in [5.74, 6) is -1.41. The number of carbonyl (C=O) groups is 2. The molecule has 0 radical (unpaired) electrons. The summed E-state index contributed by atoms with van der Waals surface area (Å²) < 4.78 is 4.33. The number of allylic oxidation sites excluding steroid dienone is 1. The summed E-state index contributed by atoms with van der Waals surface area (Å²) in [6.07, 6.45) is 2.02. The molecule has 0 unspecified atom stereocenters. The predicted octanol–water partition coefficient (Wildman–Crippen LogP) is 2.61. The number of esters is 1. The number of phenolic OH excluding ortho intramolecular Hbond substituents is 1. The van der Waals surface area contributed by atoms with E-state index in [0.717, 1.165) is 12.2 Å². The Kier molecular flexibility index (Phi) is 4.54. The average Bonchev–Trinajstić information content (AvgIpc) is 2.31. The highest BCUT2D eigenvalue weighted by atomic mass is 35.5. The van der Waals surface area contributed by atoms with Crippen molar-refractivity contribution in [1.82, 2.24) is 0 Å². The van der Waals surface area contributed by atoms with E-state index in [1.807, 2.05) is 0 Å². The first-order valence-corrected chi connectivity index (χ1v) is 5.19. The Labute approximate surface area is 107 Å². The van der Waals surface area contributed by atoms with Crippen molar-refractivity contribution in [2.24, 2.45) is 0 Å². The van der Waals surface area contributed by atoms with E-state index in [-0.39, 0.29) is 21.4 Å². The summed E-state index contributed by atoms with van der Waals surface area (Å²) in [5, 5.41) is 9.23. The van der Waals surface area contributed by atoms with Gasteiger partial charge in [-0.05, 0) is 18.2 Å². The number of aromatic hydroxyl groups is 1. The molecule has 17 heavy (non-hydrogen) atoms. The van der Waals surface area contributed by atoms with Crippen LogP contribution < -0.4 is 0 Å². The SMILES string of the molecule is COC(=O)/C=C/C(=O)c1cc(Cl)c(O)c(Cl)c1. The molecule has 0 bridgehead atoms. The second-order valence-corrected chi connectivity index (χ2v) is 3.82. The predicted molar refractivity (Wildman–Crippen MR) is 63.6 cm³/mol. The lowest BCUT2D eigenvalue weighted by Gasteiger charge is -2.02. The third-order valence-corrected chi connectivity index (χ3v) is 2.45. The molecule has 0 aliphatic heterocycles. The first-order valence-electron chi connectivity index (χ1n) is 4.44. The second-order valence-electron chi connectivity index (χ2n) is 3.01. The second kappa shape index (κ2) is 5.70. The van der Waals surface area contributed by atoms with E-state index in [1.54, 1.807) is 0 Å². The molecule has 0 heterocycles. The molecule has 1 N–H and O–H groups in total. The molecular formula is C11H8Cl2O4. The van der Waals surface area contributed by atoms with Crippen LogP contribution >= 0.6 is 23.2 Å². The van der Waals surface area contributed by atoms with Crippen LogP contribution in [0.4, 0.5) is 0 Å².